The summed E-state index contributed by atoms with van der Waals surface area (Å²) in [5.41, 5.74) is 6.92. The Morgan fingerprint density at radius 1 is 1.35 bits per heavy atom. The van der Waals surface area contributed by atoms with E-state index in [1.165, 1.54) is 11.3 Å². The molecule has 0 saturated heterocycles. The Hall–Kier alpha value is -2.58. The SMILES string of the molecule is COc1cccc(OCC(=O)Nc2sc3c(c2C(N)=O)CCN(C)C3)c1. The number of carbonyl (C=O) groups excluding carboxylic acids is 2. The van der Waals surface area contributed by atoms with Crippen LogP contribution >= 0.6 is 11.3 Å². The van der Waals surface area contributed by atoms with Gasteiger partial charge in [0.05, 0.1) is 12.7 Å². The molecule has 3 rings (SSSR count). The van der Waals surface area contributed by atoms with Gasteiger partial charge >= 0.3 is 0 Å². The van der Waals surface area contributed by atoms with Crippen LogP contribution in [-0.4, -0.2) is 44.0 Å². The highest BCUT2D eigenvalue weighted by atomic mass is 32.1. The zero-order chi connectivity index (χ0) is 18.7. The van der Waals surface area contributed by atoms with Gasteiger partial charge in [-0.15, -0.1) is 11.3 Å². The maximum Gasteiger partial charge on any atom is 0.262 e. The maximum absolute atomic E-state index is 12.3. The molecule has 0 radical (unpaired) electrons. The summed E-state index contributed by atoms with van der Waals surface area (Å²) in [4.78, 5) is 27.4. The number of rotatable bonds is 6. The number of hydrogen-bond acceptors (Lipinski definition) is 6. The van der Waals surface area contributed by atoms with E-state index in [0.29, 0.717) is 22.1 Å². The molecule has 1 aliphatic rings. The highest BCUT2D eigenvalue weighted by molar-refractivity contribution is 7.17. The normalized spacial score (nSPS) is 13.8. The molecule has 0 bridgehead atoms. The Bertz CT molecular complexity index is 834. The average Bonchev–Trinajstić information content (AvgIpc) is 2.97. The molecule has 1 aliphatic heterocycles. The van der Waals surface area contributed by atoms with Crippen LogP contribution in [0.25, 0.3) is 0 Å². The molecule has 26 heavy (non-hydrogen) atoms. The van der Waals surface area contributed by atoms with E-state index in [1.807, 2.05) is 7.05 Å². The molecule has 7 nitrogen and oxygen atoms in total. The quantitative estimate of drug-likeness (QED) is 0.804. The second kappa shape index (κ2) is 7.76. The number of likely N-dealkylation sites (N-methyl/N-ethyl adjacent to an activating group) is 1. The maximum atomic E-state index is 12.3. The number of fused-ring (bicyclic) bond motifs is 1. The van der Waals surface area contributed by atoms with Crippen LogP contribution < -0.4 is 20.5 Å². The molecule has 0 spiro atoms. The summed E-state index contributed by atoms with van der Waals surface area (Å²) in [6.07, 6.45) is 0.747. The third-order valence-corrected chi connectivity index (χ3v) is 5.29. The highest BCUT2D eigenvalue weighted by Crippen LogP contribution is 2.36. The van der Waals surface area contributed by atoms with Crippen LogP contribution in [0, 0.1) is 0 Å². The summed E-state index contributed by atoms with van der Waals surface area (Å²) in [7, 11) is 3.58. The standard InChI is InChI=1S/C18H21N3O4S/c1-21-7-6-13-14(9-21)26-18(16(13)17(19)23)20-15(22)10-25-12-5-3-4-11(8-12)24-2/h3-5,8H,6-7,9-10H2,1-2H3,(H2,19,23)(H,20,22). The Morgan fingerprint density at radius 3 is 2.85 bits per heavy atom. The third kappa shape index (κ3) is 3.97. The van der Waals surface area contributed by atoms with E-state index in [9.17, 15) is 9.59 Å². The Balaban J connectivity index is 1.70. The predicted octanol–water partition coefficient (Wildman–Crippen LogP) is 1.86. The van der Waals surface area contributed by atoms with Crippen LogP contribution in [0.1, 0.15) is 20.8 Å². The minimum atomic E-state index is -0.518. The van der Waals surface area contributed by atoms with Crippen molar-refractivity contribution in [1.82, 2.24) is 4.90 Å². The topological polar surface area (TPSA) is 93.9 Å². The molecule has 8 heteroatoms. The van der Waals surface area contributed by atoms with E-state index in [2.05, 4.69) is 10.2 Å². The van der Waals surface area contributed by atoms with Crippen LogP contribution in [0.5, 0.6) is 11.5 Å². The van der Waals surface area contributed by atoms with Crippen LogP contribution in [0.15, 0.2) is 24.3 Å². The first-order valence-electron chi connectivity index (χ1n) is 8.17. The molecule has 0 unspecified atom stereocenters. The van der Waals surface area contributed by atoms with Gasteiger partial charge in [0.1, 0.15) is 16.5 Å². The second-order valence-corrected chi connectivity index (χ2v) is 7.18. The molecule has 2 amide bonds. The second-order valence-electron chi connectivity index (χ2n) is 6.08. The molecule has 1 aromatic carbocycles. The van der Waals surface area contributed by atoms with E-state index in [1.54, 1.807) is 31.4 Å². The van der Waals surface area contributed by atoms with Gasteiger partial charge in [0.2, 0.25) is 0 Å². The van der Waals surface area contributed by atoms with Crippen molar-refractivity contribution in [1.29, 1.82) is 0 Å². The smallest absolute Gasteiger partial charge is 0.262 e. The molecule has 138 valence electrons. The lowest BCUT2D eigenvalue weighted by molar-refractivity contribution is -0.118. The van der Waals surface area contributed by atoms with Crippen molar-refractivity contribution in [2.75, 3.05) is 32.6 Å². The average molecular weight is 375 g/mol. The van der Waals surface area contributed by atoms with Crippen LogP contribution in [0.2, 0.25) is 0 Å². The van der Waals surface area contributed by atoms with Crippen molar-refractivity contribution in [3.8, 4) is 11.5 Å². The van der Waals surface area contributed by atoms with Crippen molar-refractivity contribution >= 4 is 28.2 Å². The third-order valence-electron chi connectivity index (χ3n) is 4.16. The van der Waals surface area contributed by atoms with E-state index < -0.39 is 5.91 Å². The van der Waals surface area contributed by atoms with Gasteiger partial charge in [-0.1, -0.05) is 6.07 Å². The molecule has 0 aliphatic carbocycles. The summed E-state index contributed by atoms with van der Waals surface area (Å²) in [6.45, 7) is 1.43. The lowest BCUT2D eigenvalue weighted by Crippen LogP contribution is -2.27. The minimum absolute atomic E-state index is 0.173. The summed E-state index contributed by atoms with van der Waals surface area (Å²) in [6, 6.07) is 7.01. The zero-order valence-corrected chi connectivity index (χ0v) is 15.5. The number of amides is 2. The molecule has 0 saturated carbocycles. The molecular weight excluding hydrogens is 354 g/mol. The molecule has 2 aromatic rings. The number of methoxy groups -OCH3 is 1. The van der Waals surface area contributed by atoms with Crippen LogP contribution in [0.4, 0.5) is 5.00 Å². The molecular formula is C18H21N3O4S. The molecule has 2 heterocycles. The molecule has 0 fully saturated rings. The Morgan fingerprint density at radius 2 is 2.12 bits per heavy atom. The van der Waals surface area contributed by atoms with Crippen molar-refractivity contribution in [3.05, 3.63) is 40.3 Å². The number of thiophene rings is 1. The van der Waals surface area contributed by atoms with Crippen molar-refractivity contribution in [2.45, 2.75) is 13.0 Å². The van der Waals surface area contributed by atoms with Gasteiger partial charge in [-0.3, -0.25) is 9.59 Å². The van der Waals surface area contributed by atoms with Gasteiger partial charge in [0.25, 0.3) is 11.8 Å². The summed E-state index contributed by atoms with van der Waals surface area (Å²) < 4.78 is 10.6. The van der Waals surface area contributed by atoms with Crippen LogP contribution in [0.3, 0.4) is 0 Å². The Kier molecular flexibility index (Phi) is 5.43. The number of benzene rings is 1. The van der Waals surface area contributed by atoms with E-state index in [-0.39, 0.29) is 12.5 Å². The Labute approximate surface area is 155 Å². The minimum Gasteiger partial charge on any atom is -0.497 e. The number of ether oxygens (including phenoxy) is 2. The number of nitrogens with one attached hydrogen (secondary N) is 1. The number of nitrogens with two attached hydrogens (primary N) is 1. The van der Waals surface area contributed by atoms with E-state index in [4.69, 9.17) is 15.2 Å². The first kappa shape index (κ1) is 18.2. The predicted molar refractivity (Wildman–Crippen MR) is 100.0 cm³/mol. The molecule has 3 N–H and O–H groups in total. The van der Waals surface area contributed by atoms with Crippen LogP contribution in [-0.2, 0) is 17.8 Å². The lowest BCUT2D eigenvalue weighted by Gasteiger charge is -2.22. The van der Waals surface area contributed by atoms with Gasteiger partial charge in [-0.25, -0.2) is 0 Å². The van der Waals surface area contributed by atoms with Crippen molar-refractivity contribution in [2.24, 2.45) is 5.73 Å². The number of anilines is 1. The zero-order valence-electron chi connectivity index (χ0n) is 14.7. The van der Waals surface area contributed by atoms with E-state index in [0.717, 1.165) is 30.0 Å². The summed E-state index contributed by atoms with van der Waals surface area (Å²) in [5.74, 6) is 0.314. The number of nitrogens with zero attached hydrogens (tertiary/aromatic N) is 1. The van der Waals surface area contributed by atoms with Gasteiger partial charge in [-0.2, -0.15) is 0 Å². The number of hydrogen-bond donors (Lipinski definition) is 2. The number of primary amides is 1. The fraction of sp³-hybridized carbons (Fsp3) is 0.333. The lowest BCUT2D eigenvalue weighted by atomic mass is 10.0. The largest absolute Gasteiger partial charge is 0.497 e. The summed E-state index contributed by atoms with van der Waals surface area (Å²) >= 11 is 1.40. The highest BCUT2D eigenvalue weighted by Gasteiger charge is 2.26. The monoisotopic (exact) mass is 375 g/mol. The first-order valence-corrected chi connectivity index (χ1v) is 8.99. The molecule has 1 aromatic heterocycles. The van der Waals surface area contributed by atoms with Gasteiger partial charge in [0.15, 0.2) is 6.61 Å². The van der Waals surface area contributed by atoms with E-state index >= 15 is 0 Å². The summed E-state index contributed by atoms with van der Waals surface area (Å²) in [5, 5.41) is 3.26. The van der Waals surface area contributed by atoms with Gasteiger partial charge < -0.3 is 25.4 Å². The first-order chi connectivity index (χ1) is 12.5. The fourth-order valence-electron chi connectivity index (χ4n) is 2.88. The number of carbonyl (C=O) groups is 2. The molecule has 0 atom stereocenters. The fourth-order valence-corrected chi connectivity index (χ4v) is 4.23. The van der Waals surface area contributed by atoms with Crippen molar-refractivity contribution in [3.63, 3.8) is 0 Å². The van der Waals surface area contributed by atoms with Gasteiger partial charge in [0, 0.05) is 24.0 Å². The van der Waals surface area contributed by atoms with Crippen molar-refractivity contribution < 1.29 is 19.1 Å². The van der Waals surface area contributed by atoms with Gasteiger partial charge in [-0.05, 0) is 31.2 Å².